The van der Waals surface area contributed by atoms with E-state index in [1.54, 1.807) is 12.2 Å². The van der Waals surface area contributed by atoms with Crippen LogP contribution in [0.15, 0.2) is 24.3 Å². The number of esters is 1. The Morgan fingerprint density at radius 1 is 1.69 bits per heavy atom. The highest BCUT2D eigenvalue weighted by Crippen LogP contribution is 2.36. The van der Waals surface area contributed by atoms with E-state index in [1.807, 2.05) is 13.8 Å². The average Bonchev–Trinajstić information content (AvgIpc) is 2.22. The first-order valence-corrected chi connectivity index (χ1v) is 5.37. The van der Waals surface area contributed by atoms with Crippen LogP contribution >= 0.6 is 0 Å². The largest absolute Gasteiger partial charge is 0.465 e. The fourth-order valence-electron chi connectivity index (χ4n) is 2.13. The number of hydrogen-bond acceptors (Lipinski definition) is 3. The van der Waals surface area contributed by atoms with E-state index in [0.29, 0.717) is 6.42 Å². The first kappa shape index (κ1) is 12.7. The lowest BCUT2D eigenvalue weighted by Gasteiger charge is -2.31. The van der Waals surface area contributed by atoms with Gasteiger partial charge in [0.05, 0.1) is 12.7 Å². The lowest BCUT2D eigenvalue weighted by atomic mass is 9.72. The third-order valence-corrected chi connectivity index (χ3v) is 2.80. The summed E-state index contributed by atoms with van der Waals surface area (Å²) < 4.78 is 4.63. The summed E-state index contributed by atoms with van der Waals surface area (Å²) in [5.41, 5.74) is 0.0380. The highest BCUT2D eigenvalue weighted by molar-refractivity contribution is 6.18. The Balaban J connectivity index is 3.05. The van der Waals surface area contributed by atoms with Gasteiger partial charge in [-0.3, -0.25) is 4.79 Å². The number of ketones is 1. The molecule has 1 unspecified atom stereocenters. The third-order valence-electron chi connectivity index (χ3n) is 2.80. The van der Waals surface area contributed by atoms with Gasteiger partial charge in [0.15, 0.2) is 5.78 Å². The van der Waals surface area contributed by atoms with Crippen molar-refractivity contribution < 1.29 is 14.3 Å². The van der Waals surface area contributed by atoms with E-state index >= 15 is 0 Å². The van der Waals surface area contributed by atoms with E-state index in [2.05, 4.69) is 11.3 Å². The van der Waals surface area contributed by atoms with Crippen LogP contribution in [0, 0.1) is 11.3 Å². The molecule has 0 saturated heterocycles. The Labute approximate surface area is 96.2 Å². The molecule has 1 aliphatic rings. The maximum Gasteiger partial charge on any atom is 0.341 e. The van der Waals surface area contributed by atoms with Gasteiger partial charge in [-0.05, 0) is 18.3 Å². The normalized spacial score (nSPS) is 23.6. The SMILES string of the molecule is C=CCC1CC(C)(C)C=C(C(=O)OC)C1=O. The topological polar surface area (TPSA) is 43.4 Å². The van der Waals surface area contributed by atoms with E-state index in [-0.39, 0.29) is 22.7 Å². The van der Waals surface area contributed by atoms with Crippen LogP contribution < -0.4 is 0 Å². The van der Waals surface area contributed by atoms with Crippen molar-refractivity contribution in [3.63, 3.8) is 0 Å². The smallest absolute Gasteiger partial charge is 0.341 e. The molecular weight excluding hydrogens is 204 g/mol. The third kappa shape index (κ3) is 2.60. The second-order valence-corrected chi connectivity index (χ2v) is 4.83. The highest BCUT2D eigenvalue weighted by atomic mass is 16.5. The van der Waals surface area contributed by atoms with Crippen molar-refractivity contribution in [1.29, 1.82) is 0 Å². The van der Waals surface area contributed by atoms with Crippen LogP contribution in [-0.4, -0.2) is 18.9 Å². The van der Waals surface area contributed by atoms with Gasteiger partial charge in [0.25, 0.3) is 0 Å². The highest BCUT2D eigenvalue weighted by Gasteiger charge is 2.36. The molecule has 3 nitrogen and oxygen atoms in total. The van der Waals surface area contributed by atoms with Gasteiger partial charge >= 0.3 is 5.97 Å². The van der Waals surface area contributed by atoms with Crippen molar-refractivity contribution in [2.75, 3.05) is 7.11 Å². The molecule has 1 rings (SSSR count). The van der Waals surface area contributed by atoms with Gasteiger partial charge in [-0.15, -0.1) is 6.58 Å². The summed E-state index contributed by atoms with van der Waals surface area (Å²) in [5.74, 6) is -0.801. The molecule has 0 heterocycles. The van der Waals surface area contributed by atoms with Crippen LogP contribution in [0.3, 0.4) is 0 Å². The molecule has 0 N–H and O–H groups in total. The van der Waals surface area contributed by atoms with E-state index in [0.717, 1.165) is 6.42 Å². The molecule has 0 amide bonds. The number of rotatable bonds is 3. The van der Waals surface area contributed by atoms with E-state index in [1.165, 1.54) is 7.11 Å². The molecule has 1 atom stereocenters. The average molecular weight is 222 g/mol. The monoisotopic (exact) mass is 222 g/mol. The van der Waals surface area contributed by atoms with Gasteiger partial charge in [-0.1, -0.05) is 26.0 Å². The predicted octanol–water partition coefficient (Wildman–Crippen LogP) is 2.28. The van der Waals surface area contributed by atoms with Gasteiger partial charge in [0.1, 0.15) is 0 Å². The van der Waals surface area contributed by atoms with Crippen molar-refractivity contribution in [1.82, 2.24) is 0 Å². The quantitative estimate of drug-likeness (QED) is 0.418. The molecule has 1 aliphatic carbocycles. The fraction of sp³-hybridized carbons (Fsp3) is 0.538. The Kier molecular flexibility index (Phi) is 3.68. The maximum atomic E-state index is 12.0. The van der Waals surface area contributed by atoms with E-state index in [9.17, 15) is 9.59 Å². The molecule has 0 aromatic heterocycles. The number of carbonyl (C=O) groups is 2. The number of methoxy groups -OCH3 is 1. The van der Waals surface area contributed by atoms with Crippen LogP contribution in [0.25, 0.3) is 0 Å². The van der Waals surface area contributed by atoms with E-state index < -0.39 is 5.97 Å². The standard InChI is InChI=1S/C13H18O3/c1-5-6-9-7-13(2,3)8-10(11(9)14)12(15)16-4/h5,8-9H,1,6-7H2,2-4H3. The summed E-state index contributed by atoms with van der Waals surface area (Å²) >= 11 is 0. The number of hydrogen-bond donors (Lipinski definition) is 0. The van der Waals surface area contributed by atoms with Gasteiger partial charge in [0.2, 0.25) is 0 Å². The molecule has 0 aromatic carbocycles. The summed E-state index contributed by atoms with van der Waals surface area (Å²) in [5, 5.41) is 0. The molecule has 0 bridgehead atoms. The maximum absolute atomic E-state index is 12.0. The van der Waals surface area contributed by atoms with Crippen molar-refractivity contribution >= 4 is 11.8 Å². The summed E-state index contributed by atoms with van der Waals surface area (Å²) in [6.07, 6.45) is 4.80. The number of carbonyl (C=O) groups excluding carboxylic acids is 2. The molecule has 88 valence electrons. The Morgan fingerprint density at radius 3 is 2.81 bits per heavy atom. The van der Waals surface area contributed by atoms with Gasteiger partial charge in [-0.2, -0.15) is 0 Å². The Morgan fingerprint density at radius 2 is 2.31 bits per heavy atom. The molecule has 16 heavy (non-hydrogen) atoms. The summed E-state index contributed by atoms with van der Waals surface area (Å²) in [6, 6.07) is 0. The van der Waals surface area contributed by atoms with Crippen LogP contribution in [0.5, 0.6) is 0 Å². The Bertz CT molecular complexity index is 350. The van der Waals surface area contributed by atoms with Crippen molar-refractivity contribution in [2.45, 2.75) is 26.7 Å². The molecule has 0 aromatic rings. The van der Waals surface area contributed by atoms with Gasteiger partial charge in [0, 0.05) is 5.92 Å². The molecular formula is C13H18O3. The van der Waals surface area contributed by atoms with Crippen molar-refractivity contribution in [3.8, 4) is 0 Å². The van der Waals surface area contributed by atoms with Crippen molar-refractivity contribution in [2.24, 2.45) is 11.3 Å². The number of ether oxygens (including phenoxy) is 1. The molecule has 0 fully saturated rings. The van der Waals surface area contributed by atoms with Crippen molar-refractivity contribution in [3.05, 3.63) is 24.3 Å². The van der Waals surface area contributed by atoms with Crippen LogP contribution in [0.4, 0.5) is 0 Å². The summed E-state index contributed by atoms with van der Waals surface area (Å²) in [6.45, 7) is 7.66. The van der Waals surface area contributed by atoms with Crippen LogP contribution in [0.2, 0.25) is 0 Å². The molecule has 3 heteroatoms. The van der Waals surface area contributed by atoms with Crippen LogP contribution in [-0.2, 0) is 14.3 Å². The summed E-state index contributed by atoms with van der Waals surface area (Å²) in [4.78, 5) is 23.5. The number of Topliss-reactive ketones (excluding diaryl/α,β-unsaturated/α-hetero) is 1. The van der Waals surface area contributed by atoms with Gasteiger partial charge in [-0.25, -0.2) is 4.79 Å². The lowest BCUT2D eigenvalue weighted by Crippen LogP contribution is -2.32. The minimum atomic E-state index is -0.535. The van der Waals surface area contributed by atoms with Gasteiger partial charge < -0.3 is 4.74 Å². The number of allylic oxidation sites excluding steroid dienone is 2. The zero-order valence-corrected chi connectivity index (χ0v) is 10.1. The minimum absolute atomic E-state index is 0.119. The molecule has 0 spiro atoms. The van der Waals surface area contributed by atoms with E-state index in [4.69, 9.17) is 0 Å². The minimum Gasteiger partial charge on any atom is -0.465 e. The van der Waals surface area contributed by atoms with Crippen LogP contribution in [0.1, 0.15) is 26.7 Å². The lowest BCUT2D eigenvalue weighted by molar-refractivity contribution is -0.139. The predicted molar refractivity (Wildman–Crippen MR) is 61.8 cm³/mol. The molecule has 0 saturated carbocycles. The molecule has 0 radical (unpaired) electrons. The second kappa shape index (κ2) is 4.64. The molecule has 0 aliphatic heterocycles. The first-order chi connectivity index (χ1) is 7.41. The first-order valence-electron chi connectivity index (χ1n) is 5.37. The zero-order chi connectivity index (χ0) is 12.3. The zero-order valence-electron chi connectivity index (χ0n) is 10.1. The summed E-state index contributed by atoms with van der Waals surface area (Å²) in [7, 11) is 1.29. The second-order valence-electron chi connectivity index (χ2n) is 4.83. The Hall–Kier alpha value is -1.38. The fourth-order valence-corrected chi connectivity index (χ4v) is 2.13.